The molecule has 0 fully saturated rings. The van der Waals surface area contributed by atoms with E-state index in [-0.39, 0.29) is 23.7 Å². The summed E-state index contributed by atoms with van der Waals surface area (Å²) in [5.41, 5.74) is 0. The van der Waals surface area contributed by atoms with Crippen LogP contribution in [0.2, 0.25) is 0 Å². The monoisotopic (exact) mass is 364 g/mol. The predicted molar refractivity (Wildman–Crippen MR) is 100 cm³/mol. The SMILES string of the molecule is CCCCCCCC(=O)Oc1cc(OC(=O)CCCCCCC)ncn1. The van der Waals surface area contributed by atoms with Gasteiger partial charge in [0.25, 0.3) is 0 Å². The molecule has 6 heteroatoms. The molecule has 1 aromatic rings. The highest BCUT2D eigenvalue weighted by Gasteiger charge is 2.10. The van der Waals surface area contributed by atoms with Crippen molar-refractivity contribution in [2.45, 2.75) is 90.9 Å². The van der Waals surface area contributed by atoms with Gasteiger partial charge in [0.05, 0.1) is 6.07 Å². The molecule has 0 amide bonds. The molecule has 0 N–H and O–H groups in total. The second kappa shape index (κ2) is 14.2. The summed E-state index contributed by atoms with van der Waals surface area (Å²) in [6.07, 6.45) is 12.6. The van der Waals surface area contributed by atoms with Crippen LogP contribution in [0.5, 0.6) is 11.8 Å². The highest BCUT2D eigenvalue weighted by molar-refractivity contribution is 5.73. The number of hydrogen-bond donors (Lipinski definition) is 0. The summed E-state index contributed by atoms with van der Waals surface area (Å²) in [6, 6.07) is 1.38. The number of rotatable bonds is 14. The first kappa shape index (κ1) is 22.1. The lowest BCUT2D eigenvalue weighted by molar-refractivity contribution is -0.135. The number of ether oxygens (including phenoxy) is 2. The summed E-state index contributed by atoms with van der Waals surface area (Å²) in [5, 5.41) is 0. The molecule has 0 aliphatic rings. The molecule has 6 nitrogen and oxygen atoms in total. The van der Waals surface area contributed by atoms with Gasteiger partial charge in [-0.05, 0) is 12.8 Å². The number of unbranched alkanes of at least 4 members (excludes halogenated alkanes) is 8. The van der Waals surface area contributed by atoms with Crippen LogP contribution in [-0.2, 0) is 9.59 Å². The van der Waals surface area contributed by atoms with Gasteiger partial charge >= 0.3 is 11.9 Å². The first-order chi connectivity index (χ1) is 12.7. The van der Waals surface area contributed by atoms with Crippen molar-refractivity contribution in [3.8, 4) is 11.8 Å². The van der Waals surface area contributed by atoms with Crippen molar-refractivity contribution in [3.63, 3.8) is 0 Å². The van der Waals surface area contributed by atoms with Gasteiger partial charge in [0.2, 0.25) is 11.8 Å². The van der Waals surface area contributed by atoms with Crippen molar-refractivity contribution < 1.29 is 19.1 Å². The van der Waals surface area contributed by atoms with Crippen molar-refractivity contribution in [2.75, 3.05) is 0 Å². The molecule has 0 bridgehead atoms. The molecule has 146 valence electrons. The number of carbonyl (C=O) groups is 2. The highest BCUT2D eigenvalue weighted by atomic mass is 16.6. The molecule has 0 atom stereocenters. The summed E-state index contributed by atoms with van der Waals surface area (Å²) in [5.74, 6) is -0.421. The minimum absolute atomic E-state index is 0.115. The molecule has 0 unspecified atom stereocenters. The van der Waals surface area contributed by atoms with Crippen LogP contribution >= 0.6 is 0 Å². The van der Waals surface area contributed by atoms with Gasteiger partial charge in [0, 0.05) is 12.8 Å². The number of esters is 2. The van der Waals surface area contributed by atoms with Crippen molar-refractivity contribution in [1.82, 2.24) is 9.97 Å². The molecule has 0 radical (unpaired) electrons. The van der Waals surface area contributed by atoms with Gasteiger partial charge in [-0.3, -0.25) is 9.59 Å². The van der Waals surface area contributed by atoms with Gasteiger partial charge in [-0.15, -0.1) is 0 Å². The van der Waals surface area contributed by atoms with E-state index in [2.05, 4.69) is 23.8 Å². The van der Waals surface area contributed by atoms with E-state index in [0.717, 1.165) is 38.5 Å². The minimum atomic E-state index is -0.326. The van der Waals surface area contributed by atoms with E-state index in [9.17, 15) is 9.59 Å². The van der Waals surface area contributed by atoms with Gasteiger partial charge in [0.1, 0.15) is 6.33 Å². The number of carbonyl (C=O) groups excluding carboxylic acids is 2. The van der Waals surface area contributed by atoms with E-state index >= 15 is 0 Å². The van der Waals surface area contributed by atoms with Crippen molar-refractivity contribution in [3.05, 3.63) is 12.4 Å². The summed E-state index contributed by atoms with van der Waals surface area (Å²) < 4.78 is 10.4. The molecule has 1 aromatic heterocycles. The zero-order valence-corrected chi connectivity index (χ0v) is 16.2. The molecule has 0 aliphatic heterocycles. The Balaban J connectivity index is 2.30. The lowest BCUT2D eigenvalue weighted by Crippen LogP contribution is -2.11. The topological polar surface area (TPSA) is 78.4 Å². The number of aromatic nitrogens is 2. The Hall–Kier alpha value is -1.98. The summed E-state index contributed by atoms with van der Waals surface area (Å²) in [6.45, 7) is 4.31. The standard InChI is InChI=1S/C20H32N2O4/c1-3-5-7-9-11-13-19(23)25-17-15-18(22-16-21-17)26-20(24)14-12-10-8-6-4-2/h15-16H,3-14H2,1-2H3. The second-order valence-electron chi connectivity index (χ2n) is 6.47. The van der Waals surface area contributed by atoms with Crippen molar-refractivity contribution in [2.24, 2.45) is 0 Å². The number of nitrogens with zero attached hydrogens (tertiary/aromatic N) is 2. The van der Waals surface area contributed by atoms with E-state index in [1.165, 1.54) is 38.1 Å². The summed E-state index contributed by atoms with van der Waals surface area (Å²) >= 11 is 0. The van der Waals surface area contributed by atoms with Crippen LogP contribution in [0.3, 0.4) is 0 Å². The smallest absolute Gasteiger partial charge is 0.312 e. The molecule has 1 heterocycles. The molecule has 0 aliphatic carbocycles. The molecule has 1 rings (SSSR count). The Morgan fingerprint density at radius 3 is 1.58 bits per heavy atom. The van der Waals surface area contributed by atoms with Gasteiger partial charge in [-0.2, -0.15) is 0 Å². The Bertz CT molecular complexity index is 491. The normalized spacial score (nSPS) is 10.5. The highest BCUT2D eigenvalue weighted by Crippen LogP contribution is 2.16. The Morgan fingerprint density at radius 1 is 0.731 bits per heavy atom. The average Bonchev–Trinajstić information content (AvgIpc) is 2.61. The Labute approximate surface area is 156 Å². The van der Waals surface area contributed by atoms with Crippen LogP contribution in [-0.4, -0.2) is 21.9 Å². The van der Waals surface area contributed by atoms with Gasteiger partial charge in [-0.25, -0.2) is 9.97 Å². The van der Waals surface area contributed by atoms with Crippen molar-refractivity contribution in [1.29, 1.82) is 0 Å². The lowest BCUT2D eigenvalue weighted by atomic mass is 10.1. The Kier molecular flexibility index (Phi) is 12.1. The van der Waals surface area contributed by atoms with Crippen molar-refractivity contribution >= 4 is 11.9 Å². The summed E-state index contributed by atoms with van der Waals surface area (Å²) in [7, 11) is 0. The predicted octanol–water partition coefficient (Wildman–Crippen LogP) is 5.01. The van der Waals surface area contributed by atoms with E-state index in [1.54, 1.807) is 0 Å². The molecule has 0 saturated carbocycles. The quantitative estimate of drug-likeness (QED) is 0.341. The second-order valence-corrected chi connectivity index (χ2v) is 6.47. The van der Waals surface area contributed by atoms with Crippen LogP contribution in [0.25, 0.3) is 0 Å². The molecule has 26 heavy (non-hydrogen) atoms. The Morgan fingerprint density at radius 2 is 1.15 bits per heavy atom. The minimum Gasteiger partial charge on any atom is -0.407 e. The van der Waals surface area contributed by atoms with Crippen LogP contribution in [0.4, 0.5) is 0 Å². The van der Waals surface area contributed by atoms with Crippen LogP contribution < -0.4 is 9.47 Å². The lowest BCUT2D eigenvalue weighted by Gasteiger charge is -2.06. The molecule has 0 spiro atoms. The fourth-order valence-electron chi connectivity index (χ4n) is 2.52. The molecule has 0 saturated heterocycles. The van der Waals surface area contributed by atoms with Gasteiger partial charge in [0.15, 0.2) is 0 Å². The average molecular weight is 364 g/mol. The van der Waals surface area contributed by atoms with Crippen LogP contribution in [0.1, 0.15) is 90.9 Å². The van der Waals surface area contributed by atoms with E-state index in [1.807, 2.05) is 0 Å². The summed E-state index contributed by atoms with van der Waals surface area (Å²) in [4.78, 5) is 31.4. The van der Waals surface area contributed by atoms with Crippen LogP contribution in [0.15, 0.2) is 12.4 Å². The fraction of sp³-hybridized carbons (Fsp3) is 0.700. The first-order valence-corrected chi connectivity index (χ1v) is 9.89. The zero-order valence-electron chi connectivity index (χ0n) is 16.2. The maximum atomic E-state index is 11.8. The van der Waals surface area contributed by atoms with E-state index in [0.29, 0.717) is 12.8 Å². The molecular weight excluding hydrogens is 332 g/mol. The maximum Gasteiger partial charge on any atom is 0.312 e. The largest absolute Gasteiger partial charge is 0.407 e. The van der Waals surface area contributed by atoms with Gasteiger partial charge < -0.3 is 9.47 Å². The third-order valence-corrected chi connectivity index (χ3v) is 4.02. The zero-order chi connectivity index (χ0) is 19.0. The third-order valence-electron chi connectivity index (χ3n) is 4.02. The first-order valence-electron chi connectivity index (χ1n) is 9.89. The molecular formula is C20H32N2O4. The third kappa shape index (κ3) is 10.8. The van der Waals surface area contributed by atoms with E-state index < -0.39 is 0 Å². The van der Waals surface area contributed by atoms with E-state index in [4.69, 9.17) is 9.47 Å². The molecule has 0 aromatic carbocycles. The van der Waals surface area contributed by atoms with Crippen LogP contribution in [0, 0.1) is 0 Å². The number of hydrogen-bond acceptors (Lipinski definition) is 6. The fourth-order valence-corrected chi connectivity index (χ4v) is 2.52. The maximum absolute atomic E-state index is 11.8. The van der Waals surface area contributed by atoms with Gasteiger partial charge in [-0.1, -0.05) is 65.2 Å².